The van der Waals surface area contributed by atoms with E-state index in [0.717, 1.165) is 0 Å². The topological polar surface area (TPSA) is 107 Å². The number of ether oxygens (including phenoxy) is 1. The van der Waals surface area contributed by atoms with Gasteiger partial charge in [0.05, 0.1) is 46.4 Å². The van der Waals surface area contributed by atoms with E-state index < -0.39 is 15.0 Å². The van der Waals surface area contributed by atoms with Gasteiger partial charge < -0.3 is 19.1 Å². The molecule has 161 valence electrons. The Labute approximate surface area is 161 Å². The van der Waals surface area contributed by atoms with Crippen LogP contribution in [0.15, 0.2) is 0 Å². The Bertz CT molecular complexity index is 437. The zero-order valence-corrected chi connectivity index (χ0v) is 18.9. The van der Waals surface area contributed by atoms with Gasteiger partial charge in [-0.2, -0.15) is 0 Å². The fourth-order valence-electron chi connectivity index (χ4n) is 3.30. The van der Waals surface area contributed by atoms with Crippen molar-refractivity contribution in [3.63, 3.8) is 0 Å². The van der Waals surface area contributed by atoms with E-state index in [9.17, 15) is 5.21 Å². The van der Waals surface area contributed by atoms with E-state index in [-0.39, 0.29) is 4.65 Å². The zero-order chi connectivity index (χ0) is 20.7. The Morgan fingerprint density at radius 1 is 0.846 bits per heavy atom. The van der Waals surface area contributed by atoms with E-state index in [1.807, 2.05) is 0 Å². The summed E-state index contributed by atoms with van der Waals surface area (Å²) in [4.78, 5) is 0. The van der Waals surface area contributed by atoms with E-state index in [4.69, 9.17) is 19.4 Å². The van der Waals surface area contributed by atoms with Gasteiger partial charge in [-0.15, -0.1) is 0 Å². The van der Waals surface area contributed by atoms with E-state index in [0.29, 0.717) is 26.3 Å². The molecule has 0 spiro atoms. The quantitative estimate of drug-likeness (QED) is 0.306. The van der Waals surface area contributed by atoms with Gasteiger partial charge in [0.25, 0.3) is 0 Å². The van der Waals surface area contributed by atoms with E-state index in [2.05, 4.69) is 27.7 Å². The van der Waals surface area contributed by atoms with E-state index >= 15 is 0 Å². The molecule has 0 aliphatic carbocycles. The van der Waals surface area contributed by atoms with E-state index in [1.165, 1.54) is 56.3 Å². The third kappa shape index (κ3) is 18.6. The molecule has 1 fully saturated rings. The third-order valence-electron chi connectivity index (χ3n) is 4.21. The Morgan fingerprint density at radius 2 is 1.12 bits per heavy atom. The van der Waals surface area contributed by atoms with Crippen molar-refractivity contribution in [3.8, 4) is 0 Å². The third-order valence-corrected chi connectivity index (χ3v) is 4.21. The van der Waals surface area contributed by atoms with Crippen LogP contribution in [0.25, 0.3) is 0 Å². The standard InChI is InChI=1S/C12H28N.C5H11NO2.4O.Ru/c1-5-9-13(10-6-2,11-7-3)12-8-4;1-6(7)2-4-8-5-3-6;;;;;/h5-12H2,1-4H3;2-5H2,1H3;;;;;/q+1;;;;;-1;. The maximum absolute atomic E-state index is 11.0. The monoisotopic (exact) mass is 469 g/mol. The van der Waals surface area contributed by atoms with Crippen LogP contribution in [-0.4, -0.2) is 68.7 Å². The predicted octanol–water partition coefficient (Wildman–Crippen LogP) is 1.86. The van der Waals surface area contributed by atoms with Gasteiger partial charge in [0, 0.05) is 0 Å². The fourth-order valence-corrected chi connectivity index (χ4v) is 3.30. The van der Waals surface area contributed by atoms with Gasteiger partial charge in [-0.1, -0.05) is 27.7 Å². The molecule has 1 saturated heterocycles. The summed E-state index contributed by atoms with van der Waals surface area (Å²) in [6.07, 6.45) is 5.33. The average Bonchev–Trinajstić information content (AvgIpc) is 2.47. The molecule has 1 heterocycles. The van der Waals surface area contributed by atoms with Crippen molar-refractivity contribution in [2.75, 3.05) is 59.5 Å². The Balaban J connectivity index is 0. The minimum atomic E-state index is -5.86. The molecule has 9 heteroatoms. The first-order valence-corrected chi connectivity index (χ1v) is 12.3. The Hall–Kier alpha value is -0.177. The number of likely N-dealkylation sites (N-methyl/N-ethyl adjacent to an activating group) is 1. The van der Waals surface area contributed by atoms with Crippen molar-refractivity contribution >= 4 is 0 Å². The zero-order valence-electron chi connectivity index (χ0n) is 17.2. The number of quaternary nitrogens is 2. The molecule has 0 N–H and O–H groups in total. The molecule has 0 aromatic heterocycles. The van der Waals surface area contributed by atoms with Crippen molar-refractivity contribution in [2.24, 2.45) is 0 Å². The van der Waals surface area contributed by atoms with Crippen molar-refractivity contribution in [2.45, 2.75) is 53.4 Å². The van der Waals surface area contributed by atoms with Crippen LogP contribution in [0.1, 0.15) is 53.4 Å². The normalized spacial score (nSPS) is 16.7. The molecule has 0 bridgehead atoms. The maximum atomic E-state index is 11.0. The molecule has 1 aliphatic heterocycles. The number of hydrogen-bond donors (Lipinski definition) is 0. The Kier molecular flexibility index (Phi) is 16.0. The molecule has 1 aliphatic rings. The number of morpholine rings is 1. The number of hydrogen-bond acceptors (Lipinski definition) is 6. The van der Waals surface area contributed by atoms with Crippen LogP contribution in [0.4, 0.5) is 0 Å². The van der Waals surface area contributed by atoms with Crippen molar-refractivity contribution in [1.29, 1.82) is 0 Å². The molecule has 26 heavy (non-hydrogen) atoms. The first-order valence-electron chi connectivity index (χ1n) is 9.51. The summed E-state index contributed by atoms with van der Waals surface area (Å²) in [7, 11) is 1.68. The molecule has 0 saturated carbocycles. The second-order valence-electron chi connectivity index (χ2n) is 6.95. The summed E-state index contributed by atoms with van der Waals surface area (Å²) in [6.45, 7) is 17.3. The molecule has 0 aromatic carbocycles. The Morgan fingerprint density at radius 3 is 1.27 bits per heavy atom. The number of nitrogens with zero attached hydrogens (tertiary/aromatic N) is 2. The predicted molar refractivity (Wildman–Crippen MR) is 93.1 cm³/mol. The van der Waals surface area contributed by atoms with Crippen LogP contribution in [0.2, 0.25) is 0 Å². The molecular weight excluding hydrogens is 429 g/mol. The van der Waals surface area contributed by atoms with Gasteiger partial charge in [0.1, 0.15) is 13.1 Å². The molecule has 1 rings (SSSR count). The van der Waals surface area contributed by atoms with Crippen molar-refractivity contribution in [3.05, 3.63) is 5.21 Å². The van der Waals surface area contributed by atoms with Crippen LogP contribution < -0.4 is 3.93 Å². The molecule has 0 radical (unpaired) electrons. The summed E-state index contributed by atoms with van der Waals surface area (Å²) in [5, 5.41) is 11.0. The van der Waals surface area contributed by atoms with Gasteiger partial charge >= 0.3 is 29.6 Å². The summed E-state index contributed by atoms with van der Waals surface area (Å²) in [5.41, 5.74) is 0. The van der Waals surface area contributed by atoms with Crippen molar-refractivity contribution < 1.29 is 43.5 Å². The molecular formula is C17H39N2O6Ru. The van der Waals surface area contributed by atoms with Crippen LogP contribution in [0.5, 0.6) is 0 Å². The molecule has 0 unspecified atom stereocenters. The summed E-state index contributed by atoms with van der Waals surface area (Å²) in [6, 6.07) is 0. The van der Waals surface area contributed by atoms with Gasteiger partial charge in [0.15, 0.2) is 0 Å². The summed E-state index contributed by atoms with van der Waals surface area (Å²) < 4.78 is 40.7. The minimum absolute atomic E-state index is 0.125. The summed E-state index contributed by atoms with van der Waals surface area (Å²) in [5.74, 6) is 0. The van der Waals surface area contributed by atoms with Crippen LogP contribution in [0, 0.1) is 5.21 Å². The average molecular weight is 469 g/mol. The molecule has 0 atom stereocenters. The van der Waals surface area contributed by atoms with Gasteiger partial charge in [-0.05, 0) is 25.7 Å². The van der Waals surface area contributed by atoms with Crippen LogP contribution in [-0.2, 0) is 30.4 Å². The fraction of sp³-hybridized carbons (Fsp3) is 1.00. The summed E-state index contributed by atoms with van der Waals surface area (Å²) >= 11 is -5.86. The first kappa shape index (κ1) is 28.0. The number of rotatable bonds is 8. The molecule has 0 amide bonds. The van der Waals surface area contributed by atoms with Gasteiger partial charge in [-0.25, -0.2) is 0 Å². The van der Waals surface area contributed by atoms with Crippen LogP contribution in [0.3, 0.4) is 0 Å². The second kappa shape index (κ2) is 14.8. The van der Waals surface area contributed by atoms with Crippen LogP contribution >= 0.6 is 0 Å². The first-order chi connectivity index (χ1) is 11.9. The second-order valence-corrected chi connectivity index (χ2v) is 8.68. The van der Waals surface area contributed by atoms with E-state index in [1.54, 1.807) is 7.05 Å². The van der Waals surface area contributed by atoms with Gasteiger partial charge in [-0.3, -0.25) is 0 Å². The number of hydroxylamine groups is 3. The van der Waals surface area contributed by atoms with Gasteiger partial charge in [0.2, 0.25) is 0 Å². The SMILES string of the molecule is CCC[N+](CCC)(CCC)CCC.C[N+]1([O-])CCOCC1.[O]=[Ru](=[O])(=[O])[O-]. The molecule has 0 aromatic rings. The van der Waals surface area contributed by atoms with Crippen molar-refractivity contribution in [1.82, 2.24) is 0 Å². The molecule has 8 nitrogen and oxygen atoms in total.